The molecule has 0 atom stereocenters. The molecule has 0 aliphatic carbocycles. The lowest BCUT2D eigenvalue weighted by Gasteiger charge is -2.15. The van der Waals surface area contributed by atoms with Crippen LogP contribution in [-0.4, -0.2) is 42.9 Å². The lowest BCUT2D eigenvalue weighted by molar-refractivity contribution is 0.219. The van der Waals surface area contributed by atoms with Crippen molar-refractivity contribution in [2.45, 2.75) is 20.4 Å². The number of urea groups is 1. The second-order valence-electron chi connectivity index (χ2n) is 5.64. The highest BCUT2D eigenvalue weighted by Crippen LogP contribution is 2.16. The number of carbonyl (C=O) groups is 1. The molecule has 0 spiro atoms. The van der Waals surface area contributed by atoms with Crippen LogP contribution in [0.1, 0.15) is 17.1 Å². The molecule has 1 aromatic carbocycles. The summed E-state index contributed by atoms with van der Waals surface area (Å²) in [5, 5.41) is 13.7. The zero-order chi connectivity index (χ0) is 17.1. The van der Waals surface area contributed by atoms with Crippen molar-refractivity contribution in [2.24, 2.45) is 0 Å². The van der Waals surface area contributed by atoms with Gasteiger partial charge in [-0.2, -0.15) is 5.10 Å². The fourth-order valence-corrected chi connectivity index (χ4v) is 2.29. The topological polar surface area (TPSA) is 91.7 Å². The Morgan fingerprint density at radius 1 is 1.29 bits per heavy atom. The molecule has 0 fully saturated rings. The first-order chi connectivity index (χ1) is 11.5. The summed E-state index contributed by atoms with van der Waals surface area (Å²) >= 11 is 0. The largest absolute Gasteiger partial charge is 0.323 e. The minimum atomic E-state index is -0.264. The van der Waals surface area contributed by atoms with E-state index in [-0.39, 0.29) is 6.03 Å². The van der Waals surface area contributed by atoms with Gasteiger partial charge in [-0.1, -0.05) is 17.7 Å². The smallest absolute Gasteiger partial charge is 0.320 e. The molecule has 3 rings (SSSR count). The molecule has 2 amide bonds. The number of aromatic amines is 1. The van der Waals surface area contributed by atoms with Crippen LogP contribution in [0.25, 0.3) is 5.69 Å². The molecule has 24 heavy (non-hydrogen) atoms. The molecule has 0 aliphatic rings. The average molecular weight is 325 g/mol. The molecule has 2 aromatic heterocycles. The third-order valence-corrected chi connectivity index (χ3v) is 3.60. The van der Waals surface area contributed by atoms with E-state index in [0.29, 0.717) is 18.2 Å². The molecular weight excluding hydrogens is 306 g/mol. The Bertz CT molecular complexity index is 821. The van der Waals surface area contributed by atoms with Crippen LogP contribution in [-0.2, 0) is 6.54 Å². The zero-order valence-corrected chi connectivity index (χ0v) is 13.8. The minimum Gasteiger partial charge on any atom is -0.320 e. The molecule has 2 heterocycles. The normalized spacial score (nSPS) is 10.6. The Hall–Kier alpha value is -3.16. The van der Waals surface area contributed by atoms with Gasteiger partial charge in [-0.15, -0.1) is 5.10 Å². The van der Waals surface area contributed by atoms with Gasteiger partial charge in [0.1, 0.15) is 12.2 Å². The summed E-state index contributed by atoms with van der Waals surface area (Å²) in [6.45, 7) is 4.32. The monoisotopic (exact) mass is 325 g/mol. The van der Waals surface area contributed by atoms with Crippen molar-refractivity contribution in [3.05, 3.63) is 53.7 Å². The number of nitrogens with zero attached hydrogens (tertiary/aromatic N) is 5. The Morgan fingerprint density at radius 3 is 2.71 bits per heavy atom. The molecule has 2 N–H and O–H groups in total. The summed E-state index contributed by atoms with van der Waals surface area (Å²) in [6.07, 6.45) is 1.41. The van der Waals surface area contributed by atoms with E-state index in [2.05, 4.69) is 25.6 Å². The van der Waals surface area contributed by atoms with E-state index < -0.39 is 0 Å². The highest BCUT2D eigenvalue weighted by molar-refractivity contribution is 5.88. The van der Waals surface area contributed by atoms with Crippen molar-refractivity contribution in [1.82, 2.24) is 29.9 Å². The van der Waals surface area contributed by atoms with Gasteiger partial charge in [0.25, 0.3) is 0 Å². The number of anilines is 1. The SMILES string of the molecule is Cc1ccc(-n2nc(NC(=O)N(C)Cc3ncn[nH]3)cc2C)cc1. The van der Waals surface area contributed by atoms with E-state index >= 15 is 0 Å². The van der Waals surface area contributed by atoms with Crippen LogP contribution in [0.4, 0.5) is 10.6 Å². The number of H-pyrrole nitrogens is 1. The van der Waals surface area contributed by atoms with Crippen LogP contribution >= 0.6 is 0 Å². The lowest BCUT2D eigenvalue weighted by Crippen LogP contribution is -2.31. The van der Waals surface area contributed by atoms with Gasteiger partial charge in [0.05, 0.1) is 12.2 Å². The Balaban J connectivity index is 1.70. The van der Waals surface area contributed by atoms with Gasteiger partial charge in [-0.25, -0.2) is 14.5 Å². The van der Waals surface area contributed by atoms with Gasteiger partial charge in [0.2, 0.25) is 0 Å². The molecule has 0 unspecified atom stereocenters. The van der Waals surface area contributed by atoms with Crippen LogP contribution in [0.5, 0.6) is 0 Å². The molecule has 0 saturated heterocycles. The van der Waals surface area contributed by atoms with Gasteiger partial charge < -0.3 is 4.90 Å². The van der Waals surface area contributed by atoms with Crippen molar-refractivity contribution >= 4 is 11.8 Å². The highest BCUT2D eigenvalue weighted by atomic mass is 16.2. The standard InChI is InChI=1S/C16H19N7O/c1-11-4-6-13(7-5-11)23-12(2)8-14(21-23)19-16(24)22(3)9-15-17-10-18-20-15/h4-8,10H,9H2,1-3H3,(H,17,18,20)(H,19,21,24). The first-order valence-corrected chi connectivity index (χ1v) is 7.53. The van der Waals surface area contributed by atoms with E-state index in [4.69, 9.17) is 0 Å². The van der Waals surface area contributed by atoms with Gasteiger partial charge in [0.15, 0.2) is 5.82 Å². The Morgan fingerprint density at radius 2 is 2.04 bits per heavy atom. The van der Waals surface area contributed by atoms with Crippen molar-refractivity contribution < 1.29 is 4.79 Å². The van der Waals surface area contributed by atoms with Crippen LogP contribution in [0.15, 0.2) is 36.7 Å². The lowest BCUT2D eigenvalue weighted by atomic mass is 10.2. The molecule has 124 valence electrons. The number of carbonyl (C=O) groups excluding carboxylic acids is 1. The molecule has 0 bridgehead atoms. The number of aryl methyl sites for hydroxylation is 2. The van der Waals surface area contributed by atoms with Gasteiger partial charge in [-0.05, 0) is 26.0 Å². The van der Waals surface area contributed by atoms with E-state index in [1.54, 1.807) is 11.7 Å². The number of hydrogen-bond donors (Lipinski definition) is 2. The third kappa shape index (κ3) is 3.43. The van der Waals surface area contributed by atoms with Crippen molar-refractivity contribution in [3.63, 3.8) is 0 Å². The first kappa shape index (κ1) is 15.7. The highest BCUT2D eigenvalue weighted by Gasteiger charge is 2.14. The summed E-state index contributed by atoms with van der Waals surface area (Å²) in [7, 11) is 1.68. The van der Waals surface area contributed by atoms with Crippen molar-refractivity contribution in [2.75, 3.05) is 12.4 Å². The predicted octanol–water partition coefficient (Wildman–Crippen LogP) is 2.27. The summed E-state index contributed by atoms with van der Waals surface area (Å²) in [4.78, 5) is 17.7. The number of hydrogen-bond acceptors (Lipinski definition) is 4. The average Bonchev–Trinajstić information content (AvgIpc) is 3.18. The third-order valence-electron chi connectivity index (χ3n) is 3.60. The van der Waals surface area contributed by atoms with Crippen LogP contribution in [0.2, 0.25) is 0 Å². The fraction of sp³-hybridized carbons (Fsp3) is 0.250. The van der Waals surface area contributed by atoms with E-state index in [1.807, 2.05) is 44.2 Å². The molecular formula is C16H19N7O. The first-order valence-electron chi connectivity index (χ1n) is 7.53. The van der Waals surface area contributed by atoms with Crippen LogP contribution in [0, 0.1) is 13.8 Å². The fourth-order valence-electron chi connectivity index (χ4n) is 2.29. The maximum absolute atomic E-state index is 12.2. The zero-order valence-electron chi connectivity index (χ0n) is 13.8. The Labute approximate surface area is 139 Å². The molecule has 0 aliphatic heterocycles. The quantitative estimate of drug-likeness (QED) is 0.770. The molecule has 8 nitrogen and oxygen atoms in total. The number of benzene rings is 1. The second kappa shape index (κ2) is 6.53. The van der Waals surface area contributed by atoms with Crippen LogP contribution < -0.4 is 5.32 Å². The number of rotatable bonds is 4. The molecule has 3 aromatic rings. The number of aromatic nitrogens is 5. The van der Waals surface area contributed by atoms with E-state index in [9.17, 15) is 4.79 Å². The number of amides is 2. The molecule has 0 radical (unpaired) electrons. The molecule has 8 heteroatoms. The maximum atomic E-state index is 12.2. The van der Waals surface area contributed by atoms with Crippen molar-refractivity contribution in [3.8, 4) is 5.69 Å². The molecule has 0 saturated carbocycles. The summed E-state index contributed by atoms with van der Waals surface area (Å²) in [5.74, 6) is 1.12. The summed E-state index contributed by atoms with van der Waals surface area (Å²) in [6, 6.07) is 9.62. The van der Waals surface area contributed by atoms with E-state index in [0.717, 1.165) is 11.4 Å². The second-order valence-corrected chi connectivity index (χ2v) is 5.64. The summed E-state index contributed by atoms with van der Waals surface area (Å²) in [5.41, 5.74) is 3.08. The predicted molar refractivity (Wildman–Crippen MR) is 89.9 cm³/mol. The maximum Gasteiger partial charge on any atom is 0.323 e. The van der Waals surface area contributed by atoms with Crippen LogP contribution in [0.3, 0.4) is 0 Å². The summed E-state index contributed by atoms with van der Waals surface area (Å²) < 4.78 is 1.80. The number of nitrogens with one attached hydrogen (secondary N) is 2. The minimum absolute atomic E-state index is 0.264. The van der Waals surface area contributed by atoms with E-state index in [1.165, 1.54) is 16.8 Å². The van der Waals surface area contributed by atoms with Crippen molar-refractivity contribution in [1.29, 1.82) is 0 Å². The van der Waals surface area contributed by atoms with Gasteiger partial charge in [-0.3, -0.25) is 10.4 Å². The Kier molecular flexibility index (Phi) is 4.28. The van der Waals surface area contributed by atoms with Gasteiger partial charge in [0, 0.05) is 18.8 Å². The van der Waals surface area contributed by atoms with Gasteiger partial charge >= 0.3 is 6.03 Å².